The van der Waals surface area contributed by atoms with Crippen molar-refractivity contribution in [1.82, 2.24) is 4.90 Å². The lowest BCUT2D eigenvalue weighted by molar-refractivity contribution is 0.0600. The molecule has 1 aliphatic heterocycles. The number of thiocarbonyl (C=S) groups is 1. The number of rotatable bonds is 6. The van der Waals surface area contributed by atoms with Gasteiger partial charge in [-0.15, -0.1) is 0 Å². The number of hydrogen-bond acceptors (Lipinski definition) is 5. The lowest BCUT2D eigenvalue weighted by atomic mass is 10.2. The highest BCUT2D eigenvalue weighted by Gasteiger charge is 2.20. The lowest BCUT2D eigenvalue weighted by Gasteiger charge is -2.27. The highest BCUT2D eigenvalue weighted by atomic mass is 32.1. The summed E-state index contributed by atoms with van der Waals surface area (Å²) < 4.78 is 10.3. The van der Waals surface area contributed by atoms with Gasteiger partial charge in [0.15, 0.2) is 5.11 Å². The molecule has 2 rings (SSSR count). The number of nitrogens with zero attached hydrogens (tertiary/aromatic N) is 2. The average Bonchev–Trinajstić information content (AvgIpc) is 3.11. The number of nitrogens with one attached hydrogen (secondary N) is 1. The summed E-state index contributed by atoms with van der Waals surface area (Å²) in [6.45, 7) is 2.02. The number of esters is 1. The van der Waals surface area contributed by atoms with Crippen molar-refractivity contribution >= 4 is 29.0 Å². The first-order valence-corrected chi connectivity index (χ1v) is 8.27. The van der Waals surface area contributed by atoms with Crippen LogP contribution in [-0.4, -0.2) is 48.9 Å². The van der Waals surface area contributed by atoms with Crippen LogP contribution in [0.3, 0.4) is 0 Å². The van der Waals surface area contributed by atoms with Gasteiger partial charge < -0.3 is 19.7 Å². The van der Waals surface area contributed by atoms with Crippen LogP contribution in [0, 0.1) is 11.3 Å². The maximum atomic E-state index is 11.4. The van der Waals surface area contributed by atoms with Gasteiger partial charge in [-0.2, -0.15) is 5.26 Å². The van der Waals surface area contributed by atoms with Gasteiger partial charge in [-0.05, 0) is 49.3 Å². The lowest BCUT2D eigenvalue weighted by Crippen LogP contribution is -2.40. The van der Waals surface area contributed by atoms with E-state index in [1.54, 1.807) is 24.3 Å². The quantitative estimate of drug-likeness (QED) is 0.626. The minimum atomic E-state index is -0.377. The second-order valence-electron chi connectivity index (χ2n) is 5.49. The summed E-state index contributed by atoms with van der Waals surface area (Å²) in [4.78, 5) is 13.4. The normalized spacial score (nSPS) is 16.2. The van der Waals surface area contributed by atoms with E-state index in [9.17, 15) is 4.79 Å². The van der Waals surface area contributed by atoms with Gasteiger partial charge in [0.2, 0.25) is 0 Å². The summed E-state index contributed by atoms with van der Waals surface area (Å²) in [5.41, 5.74) is 1.26. The van der Waals surface area contributed by atoms with Crippen LogP contribution >= 0.6 is 12.2 Å². The summed E-state index contributed by atoms with van der Waals surface area (Å²) >= 11 is 5.47. The van der Waals surface area contributed by atoms with Crippen LogP contribution in [-0.2, 0) is 9.47 Å². The zero-order chi connectivity index (χ0) is 17.4. The molecule has 24 heavy (non-hydrogen) atoms. The van der Waals surface area contributed by atoms with E-state index in [-0.39, 0.29) is 12.1 Å². The van der Waals surface area contributed by atoms with E-state index >= 15 is 0 Å². The van der Waals surface area contributed by atoms with Crippen molar-refractivity contribution in [2.45, 2.75) is 25.4 Å². The monoisotopic (exact) mass is 347 g/mol. The van der Waals surface area contributed by atoms with Gasteiger partial charge in [0, 0.05) is 25.4 Å². The third kappa shape index (κ3) is 5.18. The predicted molar refractivity (Wildman–Crippen MR) is 94.8 cm³/mol. The number of carbonyl (C=O) groups is 1. The third-order valence-corrected chi connectivity index (χ3v) is 4.15. The SMILES string of the molecule is COC(=O)c1ccc(NC(=S)N(CCC#N)C[C@H]2CCCO2)cc1. The Morgan fingerprint density at radius 1 is 1.50 bits per heavy atom. The Balaban J connectivity index is 1.97. The van der Waals surface area contributed by atoms with Crippen LogP contribution in [0.15, 0.2) is 24.3 Å². The number of ether oxygens (including phenoxy) is 2. The van der Waals surface area contributed by atoms with Crippen LogP contribution in [0.1, 0.15) is 29.6 Å². The molecule has 0 unspecified atom stereocenters. The van der Waals surface area contributed by atoms with Gasteiger partial charge in [-0.3, -0.25) is 0 Å². The Kier molecular flexibility index (Phi) is 6.97. The summed E-state index contributed by atoms with van der Waals surface area (Å²) in [7, 11) is 1.35. The second-order valence-corrected chi connectivity index (χ2v) is 5.87. The first-order chi connectivity index (χ1) is 11.6. The van der Waals surface area contributed by atoms with Crippen molar-refractivity contribution < 1.29 is 14.3 Å². The maximum absolute atomic E-state index is 11.4. The molecule has 1 atom stereocenters. The van der Waals surface area contributed by atoms with Gasteiger partial charge in [0.1, 0.15) is 0 Å². The standard InChI is InChI=1S/C17H21N3O3S/c1-22-16(21)13-5-7-14(8-6-13)19-17(24)20(10-3-9-18)12-15-4-2-11-23-15/h5-8,15H,2-4,10-12H2,1H3,(H,19,24)/t15-/m1/s1. The van der Waals surface area contributed by atoms with Crippen molar-refractivity contribution in [3.8, 4) is 6.07 Å². The number of carbonyl (C=O) groups excluding carboxylic acids is 1. The Bertz CT molecular complexity index is 607. The van der Waals surface area contributed by atoms with E-state index in [1.165, 1.54) is 7.11 Å². The zero-order valence-corrected chi connectivity index (χ0v) is 14.5. The molecular weight excluding hydrogens is 326 g/mol. The van der Waals surface area contributed by atoms with Crippen LogP contribution in [0.4, 0.5) is 5.69 Å². The van der Waals surface area contributed by atoms with E-state index in [0.717, 1.165) is 25.1 Å². The zero-order valence-electron chi connectivity index (χ0n) is 13.7. The molecule has 1 aromatic carbocycles. The Morgan fingerprint density at radius 2 is 2.25 bits per heavy atom. The minimum Gasteiger partial charge on any atom is -0.465 e. The highest BCUT2D eigenvalue weighted by molar-refractivity contribution is 7.80. The summed E-state index contributed by atoms with van der Waals surface area (Å²) in [6.07, 6.45) is 2.63. The Hall–Kier alpha value is -2.17. The predicted octanol–water partition coefficient (Wildman–Crippen LogP) is 2.56. The van der Waals surface area contributed by atoms with Gasteiger partial charge in [0.05, 0.1) is 31.3 Å². The first-order valence-electron chi connectivity index (χ1n) is 7.87. The van der Waals surface area contributed by atoms with E-state index in [0.29, 0.717) is 30.2 Å². The second kappa shape index (κ2) is 9.21. The molecule has 0 saturated carbocycles. The van der Waals surface area contributed by atoms with Crippen LogP contribution in [0.25, 0.3) is 0 Å². The molecular formula is C17H21N3O3S. The Labute approximate surface area is 147 Å². The molecule has 1 saturated heterocycles. The summed E-state index contributed by atoms with van der Waals surface area (Å²) in [6, 6.07) is 9.04. The number of hydrogen-bond donors (Lipinski definition) is 1. The third-order valence-electron chi connectivity index (χ3n) is 3.79. The minimum absolute atomic E-state index is 0.158. The maximum Gasteiger partial charge on any atom is 0.337 e. The van der Waals surface area contributed by atoms with Crippen molar-refractivity contribution in [2.24, 2.45) is 0 Å². The van der Waals surface area contributed by atoms with E-state index < -0.39 is 0 Å². The first kappa shape index (κ1) is 18.2. The Morgan fingerprint density at radius 3 is 2.83 bits per heavy atom. The van der Waals surface area contributed by atoms with Gasteiger partial charge in [0.25, 0.3) is 0 Å². The molecule has 0 amide bonds. The summed E-state index contributed by atoms with van der Waals surface area (Å²) in [5.74, 6) is -0.377. The molecule has 0 aliphatic carbocycles. The fourth-order valence-electron chi connectivity index (χ4n) is 2.50. The van der Waals surface area contributed by atoms with Crippen molar-refractivity contribution in [2.75, 3.05) is 32.1 Å². The molecule has 0 radical (unpaired) electrons. The highest BCUT2D eigenvalue weighted by Crippen LogP contribution is 2.16. The number of benzene rings is 1. The van der Waals surface area contributed by atoms with Crippen LogP contribution < -0.4 is 5.32 Å². The molecule has 0 aromatic heterocycles. The molecule has 7 heteroatoms. The molecule has 6 nitrogen and oxygen atoms in total. The summed E-state index contributed by atoms with van der Waals surface area (Å²) in [5, 5.41) is 12.5. The fraction of sp³-hybridized carbons (Fsp3) is 0.471. The van der Waals surface area contributed by atoms with E-state index in [2.05, 4.69) is 16.1 Å². The molecule has 0 bridgehead atoms. The van der Waals surface area contributed by atoms with Gasteiger partial charge >= 0.3 is 5.97 Å². The molecule has 1 N–H and O–H groups in total. The van der Waals surface area contributed by atoms with E-state index in [4.69, 9.17) is 22.2 Å². The largest absolute Gasteiger partial charge is 0.465 e. The molecule has 1 aromatic rings. The molecule has 1 heterocycles. The van der Waals surface area contributed by atoms with Crippen LogP contribution in [0.5, 0.6) is 0 Å². The topological polar surface area (TPSA) is 74.6 Å². The van der Waals surface area contributed by atoms with Gasteiger partial charge in [-0.1, -0.05) is 0 Å². The number of nitriles is 1. The molecule has 1 aliphatic rings. The smallest absolute Gasteiger partial charge is 0.337 e. The van der Waals surface area contributed by atoms with E-state index in [1.807, 2.05) is 4.90 Å². The number of anilines is 1. The average molecular weight is 347 g/mol. The van der Waals surface area contributed by atoms with Crippen molar-refractivity contribution in [3.63, 3.8) is 0 Å². The van der Waals surface area contributed by atoms with Gasteiger partial charge in [-0.25, -0.2) is 4.79 Å². The van der Waals surface area contributed by atoms with Crippen molar-refractivity contribution in [3.05, 3.63) is 29.8 Å². The molecule has 128 valence electrons. The molecule has 0 spiro atoms. The molecule has 1 fully saturated rings. The number of methoxy groups -OCH3 is 1. The van der Waals surface area contributed by atoms with Crippen molar-refractivity contribution in [1.29, 1.82) is 5.26 Å². The van der Waals surface area contributed by atoms with Crippen LogP contribution in [0.2, 0.25) is 0 Å². The fourth-order valence-corrected chi connectivity index (χ4v) is 2.79.